The summed E-state index contributed by atoms with van der Waals surface area (Å²) in [7, 11) is 0. The number of carboxylic acids is 1. The Morgan fingerprint density at radius 3 is 3.00 bits per heavy atom. The Kier molecular flexibility index (Phi) is 3.19. The first kappa shape index (κ1) is 10.2. The van der Waals surface area contributed by atoms with Crippen LogP contribution >= 0.6 is 0 Å². The van der Waals surface area contributed by atoms with Crippen LogP contribution in [0.25, 0.3) is 0 Å². The van der Waals surface area contributed by atoms with E-state index in [1.807, 2.05) is 0 Å². The fraction of sp³-hybridized carbons (Fsp3) is 0.300. The summed E-state index contributed by atoms with van der Waals surface area (Å²) in [5.74, 6) is 2.16. The fourth-order valence-electron chi connectivity index (χ4n) is 1.02. The number of hydrogen-bond donors (Lipinski definition) is 1. The standard InChI is InChI=1S/C10H10O4/c1-3-8-9(14-6-13-8)4-7(2)5-10(11)12/h1,4H,5-6H2,2H3,(H,11,12). The highest BCUT2D eigenvalue weighted by molar-refractivity contribution is 5.70. The van der Waals surface area contributed by atoms with Crippen molar-refractivity contribution in [2.24, 2.45) is 0 Å². The Hall–Kier alpha value is -1.89. The maximum absolute atomic E-state index is 10.4. The highest BCUT2D eigenvalue weighted by atomic mass is 16.7. The summed E-state index contributed by atoms with van der Waals surface area (Å²) in [4.78, 5) is 10.4. The summed E-state index contributed by atoms with van der Waals surface area (Å²) < 4.78 is 10.0. The van der Waals surface area contributed by atoms with Crippen LogP contribution in [0.1, 0.15) is 13.3 Å². The highest BCUT2D eigenvalue weighted by Gasteiger charge is 2.13. The lowest BCUT2D eigenvalue weighted by molar-refractivity contribution is -0.136. The maximum Gasteiger partial charge on any atom is 0.307 e. The predicted octanol–water partition coefficient (Wildman–Crippen LogP) is 1.26. The van der Waals surface area contributed by atoms with E-state index in [0.29, 0.717) is 17.1 Å². The largest absolute Gasteiger partial charge is 0.481 e. The predicted molar refractivity (Wildman–Crippen MR) is 48.9 cm³/mol. The van der Waals surface area contributed by atoms with Crippen molar-refractivity contribution < 1.29 is 19.4 Å². The average molecular weight is 194 g/mol. The third kappa shape index (κ3) is 2.56. The topological polar surface area (TPSA) is 55.8 Å². The normalized spacial score (nSPS) is 15.9. The Balaban J connectivity index is 2.76. The van der Waals surface area contributed by atoms with Gasteiger partial charge in [0.15, 0.2) is 5.76 Å². The molecule has 0 aromatic carbocycles. The van der Waals surface area contributed by atoms with E-state index in [-0.39, 0.29) is 13.2 Å². The summed E-state index contributed by atoms with van der Waals surface area (Å²) in [6.07, 6.45) is 6.69. The van der Waals surface area contributed by atoms with Gasteiger partial charge in [-0.3, -0.25) is 4.79 Å². The molecule has 74 valence electrons. The SMILES string of the molecule is C#CC1=C(C=C(C)CC(=O)O)OCO1. The van der Waals surface area contributed by atoms with Gasteiger partial charge in [0, 0.05) is 0 Å². The van der Waals surface area contributed by atoms with Crippen molar-refractivity contribution in [3.8, 4) is 12.3 Å². The first-order valence-electron chi connectivity index (χ1n) is 3.99. The van der Waals surface area contributed by atoms with Crippen LogP contribution in [0.5, 0.6) is 0 Å². The first-order valence-corrected chi connectivity index (χ1v) is 3.99. The van der Waals surface area contributed by atoms with E-state index in [4.69, 9.17) is 21.0 Å². The monoisotopic (exact) mass is 194 g/mol. The molecule has 14 heavy (non-hydrogen) atoms. The third-order valence-electron chi connectivity index (χ3n) is 1.58. The van der Waals surface area contributed by atoms with Gasteiger partial charge in [-0.25, -0.2) is 0 Å². The van der Waals surface area contributed by atoms with E-state index < -0.39 is 5.97 Å². The lowest BCUT2D eigenvalue weighted by Gasteiger charge is -1.97. The summed E-state index contributed by atoms with van der Waals surface area (Å²) in [5.41, 5.74) is 0.658. The van der Waals surface area contributed by atoms with Crippen molar-refractivity contribution in [1.29, 1.82) is 0 Å². The fourth-order valence-corrected chi connectivity index (χ4v) is 1.02. The molecule has 0 amide bonds. The lowest BCUT2D eigenvalue weighted by atomic mass is 10.2. The van der Waals surface area contributed by atoms with Gasteiger partial charge in [-0.15, -0.1) is 6.42 Å². The highest BCUT2D eigenvalue weighted by Crippen LogP contribution is 2.18. The van der Waals surface area contributed by atoms with Gasteiger partial charge in [0.1, 0.15) is 0 Å². The molecule has 1 aliphatic heterocycles. The number of ether oxygens (including phenoxy) is 2. The Bertz CT molecular complexity index is 344. The molecule has 0 fully saturated rings. The minimum atomic E-state index is -0.888. The number of hydrogen-bond acceptors (Lipinski definition) is 3. The molecule has 1 rings (SSSR count). The van der Waals surface area contributed by atoms with Gasteiger partial charge < -0.3 is 14.6 Å². The number of carbonyl (C=O) groups is 1. The summed E-state index contributed by atoms with van der Waals surface area (Å²) >= 11 is 0. The van der Waals surface area contributed by atoms with Crippen molar-refractivity contribution in [2.45, 2.75) is 13.3 Å². The summed E-state index contributed by atoms with van der Waals surface area (Å²) in [6.45, 7) is 1.78. The van der Waals surface area contributed by atoms with Gasteiger partial charge in [-0.1, -0.05) is 5.57 Å². The molecule has 0 saturated heterocycles. The molecule has 1 heterocycles. The van der Waals surface area contributed by atoms with Crippen molar-refractivity contribution in [2.75, 3.05) is 6.79 Å². The van der Waals surface area contributed by atoms with Gasteiger partial charge in [0.25, 0.3) is 0 Å². The molecule has 4 nitrogen and oxygen atoms in total. The second-order valence-corrected chi connectivity index (χ2v) is 2.81. The molecule has 0 radical (unpaired) electrons. The average Bonchev–Trinajstić information content (AvgIpc) is 2.50. The molecule has 0 aromatic rings. The Labute approximate surface area is 81.8 Å². The smallest absolute Gasteiger partial charge is 0.307 e. The molecule has 0 atom stereocenters. The molecule has 0 spiro atoms. The van der Waals surface area contributed by atoms with Gasteiger partial charge >= 0.3 is 5.97 Å². The minimum absolute atomic E-state index is 0.0370. The summed E-state index contributed by atoms with van der Waals surface area (Å²) in [6, 6.07) is 0. The molecule has 0 bridgehead atoms. The number of terminal acetylenes is 1. The number of aliphatic carboxylic acids is 1. The molecule has 0 unspecified atom stereocenters. The van der Waals surface area contributed by atoms with Crippen molar-refractivity contribution in [3.05, 3.63) is 23.2 Å². The zero-order valence-electron chi connectivity index (χ0n) is 7.74. The van der Waals surface area contributed by atoms with E-state index in [1.54, 1.807) is 13.0 Å². The van der Waals surface area contributed by atoms with Gasteiger partial charge in [0.2, 0.25) is 12.6 Å². The molecule has 1 N–H and O–H groups in total. The minimum Gasteiger partial charge on any atom is -0.481 e. The number of carboxylic acid groups (broad SMARTS) is 1. The van der Waals surface area contributed by atoms with Crippen LogP contribution in [0.15, 0.2) is 23.2 Å². The molecule has 1 aliphatic rings. The maximum atomic E-state index is 10.4. The first-order chi connectivity index (χ1) is 6.63. The van der Waals surface area contributed by atoms with Crippen molar-refractivity contribution in [3.63, 3.8) is 0 Å². The van der Waals surface area contributed by atoms with Gasteiger partial charge in [0.05, 0.1) is 6.42 Å². The van der Waals surface area contributed by atoms with Crippen LogP contribution in [0, 0.1) is 12.3 Å². The molecule has 0 saturated carbocycles. The molecule has 0 aliphatic carbocycles. The van der Waals surface area contributed by atoms with Crippen LogP contribution in [0.3, 0.4) is 0 Å². The molecular weight excluding hydrogens is 184 g/mol. The summed E-state index contributed by atoms with van der Waals surface area (Å²) in [5, 5.41) is 8.51. The van der Waals surface area contributed by atoms with E-state index >= 15 is 0 Å². The third-order valence-corrected chi connectivity index (χ3v) is 1.58. The zero-order valence-corrected chi connectivity index (χ0v) is 7.74. The van der Waals surface area contributed by atoms with E-state index in [0.717, 1.165) is 0 Å². The van der Waals surface area contributed by atoms with Crippen LogP contribution in [-0.4, -0.2) is 17.9 Å². The van der Waals surface area contributed by atoms with Crippen molar-refractivity contribution >= 4 is 5.97 Å². The molecule has 4 heteroatoms. The second-order valence-electron chi connectivity index (χ2n) is 2.81. The van der Waals surface area contributed by atoms with E-state index in [9.17, 15) is 4.79 Å². The van der Waals surface area contributed by atoms with Crippen molar-refractivity contribution in [1.82, 2.24) is 0 Å². The van der Waals surface area contributed by atoms with Crippen LogP contribution in [0.2, 0.25) is 0 Å². The second kappa shape index (κ2) is 4.38. The van der Waals surface area contributed by atoms with E-state index in [1.165, 1.54) is 0 Å². The Morgan fingerprint density at radius 1 is 1.71 bits per heavy atom. The Morgan fingerprint density at radius 2 is 2.43 bits per heavy atom. The van der Waals surface area contributed by atoms with Gasteiger partial charge in [-0.05, 0) is 18.9 Å². The lowest BCUT2D eigenvalue weighted by Crippen LogP contribution is -1.95. The number of allylic oxidation sites excluding steroid dienone is 2. The molecular formula is C10H10O4. The van der Waals surface area contributed by atoms with Gasteiger partial charge in [-0.2, -0.15) is 0 Å². The zero-order chi connectivity index (χ0) is 10.6. The van der Waals surface area contributed by atoms with E-state index in [2.05, 4.69) is 5.92 Å². The van der Waals surface area contributed by atoms with Crippen LogP contribution in [0.4, 0.5) is 0 Å². The van der Waals surface area contributed by atoms with Crippen LogP contribution in [-0.2, 0) is 14.3 Å². The number of rotatable bonds is 3. The molecule has 0 aromatic heterocycles. The van der Waals surface area contributed by atoms with Crippen LogP contribution < -0.4 is 0 Å². The quantitative estimate of drug-likeness (QED) is 0.687.